The van der Waals surface area contributed by atoms with Crippen LogP contribution in [-0.4, -0.2) is 11.8 Å². The Balaban J connectivity index is 1.24. The first-order valence-electron chi connectivity index (χ1n) is 11.8. The second-order valence-electron chi connectivity index (χ2n) is 9.77. The van der Waals surface area contributed by atoms with E-state index in [0.29, 0.717) is 23.3 Å². The van der Waals surface area contributed by atoms with Gasteiger partial charge in [-0.25, -0.2) is 0 Å². The van der Waals surface area contributed by atoms with Crippen LogP contribution < -0.4 is 9.64 Å². The van der Waals surface area contributed by atoms with Crippen molar-refractivity contribution in [1.29, 1.82) is 0 Å². The number of hydrogen-bond acceptors (Lipinski definition) is 3. The van der Waals surface area contributed by atoms with Crippen LogP contribution in [0.3, 0.4) is 0 Å². The third-order valence-corrected chi connectivity index (χ3v) is 8.12. The van der Waals surface area contributed by atoms with Gasteiger partial charge < -0.3 is 4.74 Å². The van der Waals surface area contributed by atoms with E-state index >= 15 is 0 Å². The van der Waals surface area contributed by atoms with Crippen LogP contribution in [-0.2, 0) is 9.59 Å². The van der Waals surface area contributed by atoms with E-state index in [-0.39, 0.29) is 29.6 Å². The lowest BCUT2D eigenvalue weighted by Crippen LogP contribution is -2.32. The lowest BCUT2D eigenvalue weighted by molar-refractivity contribution is -0.123. The molecule has 33 heavy (non-hydrogen) atoms. The monoisotopic (exact) mass is 437 g/mol. The lowest BCUT2D eigenvalue weighted by Gasteiger charge is -2.28. The van der Waals surface area contributed by atoms with Crippen molar-refractivity contribution in [1.82, 2.24) is 0 Å². The summed E-state index contributed by atoms with van der Waals surface area (Å²) in [5.74, 6) is 2.05. The van der Waals surface area contributed by atoms with Gasteiger partial charge >= 0.3 is 0 Å². The topological polar surface area (TPSA) is 46.6 Å². The molecule has 0 aromatic heterocycles. The van der Waals surface area contributed by atoms with Gasteiger partial charge in [0.1, 0.15) is 11.5 Å². The van der Waals surface area contributed by atoms with Crippen molar-refractivity contribution >= 4 is 17.5 Å². The predicted octanol–water partition coefficient (Wildman–Crippen LogP) is 6.02. The number of nitrogens with zero attached hydrogens (tertiary/aromatic N) is 1. The molecule has 2 aliphatic carbocycles. The van der Waals surface area contributed by atoms with Gasteiger partial charge in [0.25, 0.3) is 0 Å². The average molecular weight is 438 g/mol. The molecule has 1 heterocycles. The van der Waals surface area contributed by atoms with Crippen LogP contribution in [0.15, 0.2) is 72.8 Å². The quantitative estimate of drug-likeness (QED) is 0.469. The number of carbonyl (C=O) groups excluding carboxylic acids is 2. The molecule has 2 bridgehead atoms. The summed E-state index contributed by atoms with van der Waals surface area (Å²) >= 11 is 0. The minimum Gasteiger partial charge on any atom is -0.457 e. The third-order valence-electron chi connectivity index (χ3n) is 8.12. The van der Waals surface area contributed by atoms with Crippen molar-refractivity contribution in [3.05, 3.63) is 89.5 Å². The molecule has 3 aliphatic rings. The number of anilines is 1. The van der Waals surface area contributed by atoms with Gasteiger partial charge in [0.2, 0.25) is 11.8 Å². The molecule has 5 unspecified atom stereocenters. The summed E-state index contributed by atoms with van der Waals surface area (Å²) in [5.41, 5.74) is 4.22. The first kappa shape index (κ1) is 20.2. The minimum atomic E-state index is -0.188. The van der Waals surface area contributed by atoms with Crippen LogP contribution in [0, 0.1) is 37.5 Å². The SMILES string of the molecule is Cc1cccc(Oc2ccc(N3C(=O)C4C5CC(c6ccccc6)C(C5)C4C3=O)cc2)c1C. The summed E-state index contributed by atoms with van der Waals surface area (Å²) in [6.07, 6.45) is 1.99. The second-order valence-corrected chi connectivity index (χ2v) is 9.77. The number of hydrogen-bond donors (Lipinski definition) is 0. The summed E-state index contributed by atoms with van der Waals surface area (Å²) in [6, 6.07) is 23.8. The van der Waals surface area contributed by atoms with Gasteiger partial charge in [-0.05, 0) is 91.5 Å². The van der Waals surface area contributed by atoms with Gasteiger partial charge in [-0.2, -0.15) is 0 Å². The highest BCUT2D eigenvalue weighted by atomic mass is 16.5. The summed E-state index contributed by atoms with van der Waals surface area (Å²) in [7, 11) is 0. The van der Waals surface area contributed by atoms with Crippen LogP contribution in [0.2, 0.25) is 0 Å². The van der Waals surface area contributed by atoms with Crippen LogP contribution in [0.25, 0.3) is 0 Å². The minimum absolute atomic E-state index is 0.0211. The molecule has 1 saturated heterocycles. The highest BCUT2D eigenvalue weighted by Gasteiger charge is 2.64. The number of carbonyl (C=O) groups is 2. The molecular formula is C29H27NO3. The fraction of sp³-hybridized carbons (Fsp3) is 0.310. The Morgan fingerprint density at radius 3 is 2.27 bits per heavy atom. The molecule has 2 saturated carbocycles. The molecule has 0 radical (unpaired) electrons. The van der Waals surface area contributed by atoms with E-state index in [1.54, 1.807) is 0 Å². The first-order valence-corrected chi connectivity index (χ1v) is 11.8. The van der Waals surface area contributed by atoms with Gasteiger partial charge in [0.15, 0.2) is 0 Å². The van der Waals surface area contributed by atoms with Crippen molar-refractivity contribution in [2.45, 2.75) is 32.6 Å². The van der Waals surface area contributed by atoms with Crippen molar-refractivity contribution in [2.24, 2.45) is 23.7 Å². The summed E-state index contributed by atoms with van der Waals surface area (Å²) < 4.78 is 6.05. The van der Waals surface area contributed by atoms with Crippen molar-refractivity contribution in [3.8, 4) is 11.5 Å². The van der Waals surface area contributed by atoms with E-state index in [9.17, 15) is 9.59 Å². The zero-order valence-corrected chi connectivity index (χ0v) is 18.9. The maximum atomic E-state index is 13.5. The van der Waals surface area contributed by atoms with Crippen LogP contribution in [0.5, 0.6) is 11.5 Å². The number of fused-ring (bicyclic) bond motifs is 5. The van der Waals surface area contributed by atoms with Gasteiger partial charge in [-0.1, -0.05) is 42.5 Å². The highest BCUT2D eigenvalue weighted by molar-refractivity contribution is 6.22. The zero-order chi connectivity index (χ0) is 22.7. The molecule has 0 spiro atoms. The second kappa shape index (κ2) is 7.58. The molecule has 4 heteroatoms. The van der Waals surface area contributed by atoms with Crippen LogP contribution in [0.4, 0.5) is 5.69 Å². The van der Waals surface area contributed by atoms with E-state index in [1.165, 1.54) is 16.0 Å². The molecule has 1 aliphatic heterocycles. The third kappa shape index (κ3) is 3.12. The number of ether oxygens (including phenoxy) is 1. The largest absolute Gasteiger partial charge is 0.457 e. The number of aryl methyl sites for hydroxylation is 1. The molecule has 3 aromatic carbocycles. The molecule has 2 amide bonds. The number of imide groups is 1. The maximum absolute atomic E-state index is 13.5. The van der Waals surface area contributed by atoms with Gasteiger partial charge in [-0.3, -0.25) is 14.5 Å². The Morgan fingerprint density at radius 2 is 1.52 bits per heavy atom. The highest BCUT2D eigenvalue weighted by Crippen LogP contribution is 2.61. The van der Waals surface area contributed by atoms with Crippen LogP contribution in [0.1, 0.15) is 35.4 Å². The van der Waals surface area contributed by atoms with E-state index in [1.807, 2.05) is 49.4 Å². The summed E-state index contributed by atoms with van der Waals surface area (Å²) in [6.45, 7) is 4.10. The smallest absolute Gasteiger partial charge is 0.237 e. The number of benzene rings is 3. The molecular weight excluding hydrogens is 410 g/mol. The first-order chi connectivity index (χ1) is 16.0. The van der Waals surface area contributed by atoms with E-state index < -0.39 is 0 Å². The number of amides is 2. The molecule has 3 fully saturated rings. The maximum Gasteiger partial charge on any atom is 0.237 e. The molecule has 6 rings (SSSR count). The Bertz CT molecular complexity index is 1230. The predicted molar refractivity (Wildman–Crippen MR) is 127 cm³/mol. The average Bonchev–Trinajstić information content (AvgIpc) is 3.50. The Kier molecular flexibility index (Phi) is 4.65. The van der Waals surface area contributed by atoms with E-state index in [4.69, 9.17) is 4.74 Å². The van der Waals surface area contributed by atoms with Crippen molar-refractivity contribution in [2.75, 3.05) is 4.90 Å². The Morgan fingerprint density at radius 1 is 0.788 bits per heavy atom. The molecule has 0 N–H and O–H groups in total. The summed E-state index contributed by atoms with van der Waals surface area (Å²) in [4.78, 5) is 28.3. The van der Waals surface area contributed by atoms with Gasteiger partial charge in [0, 0.05) is 0 Å². The van der Waals surface area contributed by atoms with E-state index in [2.05, 4.69) is 37.3 Å². The molecule has 3 aromatic rings. The Labute approximate surface area is 194 Å². The lowest BCUT2D eigenvalue weighted by atomic mass is 9.73. The Hall–Kier alpha value is -3.40. The summed E-state index contributed by atoms with van der Waals surface area (Å²) in [5, 5.41) is 0. The fourth-order valence-electron chi connectivity index (χ4n) is 6.42. The van der Waals surface area contributed by atoms with Gasteiger partial charge in [-0.15, -0.1) is 0 Å². The van der Waals surface area contributed by atoms with Crippen molar-refractivity contribution in [3.63, 3.8) is 0 Å². The van der Waals surface area contributed by atoms with Crippen LogP contribution >= 0.6 is 0 Å². The zero-order valence-electron chi connectivity index (χ0n) is 18.9. The fourth-order valence-corrected chi connectivity index (χ4v) is 6.42. The standard InChI is InChI=1S/C29H27NO3/c1-17-7-6-10-25(18(17)2)33-22-13-11-21(12-14-22)30-28(31)26-20-15-23(19-8-4-3-5-9-19)24(16-20)27(26)29(30)32/h3-14,20,23-24,26-27H,15-16H2,1-2H3. The molecule has 166 valence electrons. The number of rotatable bonds is 4. The van der Waals surface area contributed by atoms with Crippen molar-refractivity contribution < 1.29 is 14.3 Å². The normalized spacial score (nSPS) is 27.8. The molecule has 5 atom stereocenters. The van der Waals surface area contributed by atoms with Gasteiger partial charge in [0.05, 0.1) is 17.5 Å². The molecule has 4 nitrogen and oxygen atoms in total. The van der Waals surface area contributed by atoms with E-state index in [0.717, 1.165) is 24.2 Å².